The Bertz CT molecular complexity index is 650. The predicted octanol–water partition coefficient (Wildman–Crippen LogP) is 4.05. The molecule has 2 aromatic rings. The van der Waals surface area contributed by atoms with Gasteiger partial charge in [0.1, 0.15) is 0 Å². The van der Waals surface area contributed by atoms with Gasteiger partial charge >= 0.3 is 5.97 Å². The van der Waals surface area contributed by atoms with E-state index in [1.807, 2.05) is 37.3 Å². The molecule has 0 amide bonds. The lowest BCUT2D eigenvalue weighted by molar-refractivity contribution is 0.0599. The molecule has 0 saturated carbocycles. The molecule has 0 aliphatic heterocycles. The summed E-state index contributed by atoms with van der Waals surface area (Å²) in [6.07, 6.45) is 0.874. The molecule has 0 N–H and O–H groups in total. The van der Waals surface area contributed by atoms with E-state index in [-0.39, 0.29) is 5.97 Å². The van der Waals surface area contributed by atoms with Crippen LogP contribution in [-0.2, 0) is 16.0 Å². The van der Waals surface area contributed by atoms with Crippen LogP contribution < -0.4 is 0 Å². The number of carbonyl (C=O) groups excluding carboxylic acids is 1. The van der Waals surface area contributed by atoms with E-state index in [4.69, 9.17) is 9.47 Å². The van der Waals surface area contributed by atoms with Crippen molar-refractivity contribution in [1.82, 2.24) is 4.57 Å². The summed E-state index contributed by atoms with van der Waals surface area (Å²) in [4.78, 5) is 12.1. The summed E-state index contributed by atoms with van der Waals surface area (Å²) in [5.74, 6) is -0.327. The van der Waals surface area contributed by atoms with Crippen LogP contribution in [0.3, 0.4) is 0 Å². The molecule has 0 atom stereocenters. The van der Waals surface area contributed by atoms with Gasteiger partial charge in [0, 0.05) is 26.0 Å². The third kappa shape index (κ3) is 3.25. The Morgan fingerprint density at radius 3 is 2.50 bits per heavy atom. The van der Waals surface area contributed by atoms with Crippen molar-refractivity contribution in [2.24, 2.45) is 0 Å². The van der Waals surface area contributed by atoms with Crippen LogP contribution >= 0.6 is 15.9 Å². The first kappa shape index (κ1) is 16.8. The maximum absolute atomic E-state index is 12.1. The Morgan fingerprint density at radius 2 is 1.91 bits per heavy atom. The number of benzene rings is 1. The summed E-state index contributed by atoms with van der Waals surface area (Å²) in [5.41, 5.74) is 3.53. The highest BCUT2D eigenvalue weighted by atomic mass is 79.9. The molecular weight excluding hydrogens is 346 g/mol. The standard InChI is InChI=1S/C17H20BrNO3/c1-12-14(17(20)22-3)15(18)16(13-8-5-4-6-9-13)19(12)10-7-11-21-2/h4-6,8-9H,7,10-11H2,1-3H3. The van der Waals surface area contributed by atoms with Gasteiger partial charge in [-0.2, -0.15) is 0 Å². The van der Waals surface area contributed by atoms with Crippen molar-refractivity contribution < 1.29 is 14.3 Å². The minimum Gasteiger partial charge on any atom is -0.465 e. The molecule has 0 spiro atoms. The van der Waals surface area contributed by atoms with Gasteiger partial charge in [0.15, 0.2) is 0 Å². The normalized spacial score (nSPS) is 10.7. The fourth-order valence-electron chi connectivity index (χ4n) is 2.56. The van der Waals surface area contributed by atoms with Crippen molar-refractivity contribution in [2.45, 2.75) is 19.9 Å². The first-order valence-corrected chi connectivity index (χ1v) is 7.92. The highest BCUT2D eigenvalue weighted by molar-refractivity contribution is 9.10. The molecule has 118 valence electrons. The smallest absolute Gasteiger partial charge is 0.340 e. The first-order valence-electron chi connectivity index (χ1n) is 7.13. The minimum absolute atomic E-state index is 0.327. The number of rotatable bonds is 6. The van der Waals surface area contributed by atoms with Gasteiger partial charge in [-0.15, -0.1) is 0 Å². The number of halogens is 1. The van der Waals surface area contributed by atoms with E-state index in [2.05, 4.69) is 20.5 Å². The average molecular weight is 366 g/mol. The minimum atomic E-state index is -0.327. The van der Waals surface area contributed by atoms with Crippen LogP contribution in [0.4, 0.5) is 0 Å². The van der Waals surface area contributed by atoms with Crippen molar-refractivity contribution >= 4 is 21.9 Å². The molecule has 5 heteroatoms. The molecule has 22 heavy (non-hydrogen) atoms. The molecule has 0 unspecified atom stereocenters. The van der Waals surface area contributed by atoms with Gasteiger partial charge in [0.05, 0.1) is 22.8 Å². The maximum atomic E-state index is 12.1. The molecule has 1 aromatic carbocycles. The van der Waals surface area contributed by atoms with E-state index in [1.165, 1.54) is 7.11 Å². The van der Waals surface area contributed by atoms with Crippen LogP contribution in [0, 0.1) is 6.92 Å². The first-order chi connectivity index (χ1) is 10.6. The summed E-state index contributed by atoms with van der Waals surface area (Å²) >= 11 is 3.59. The number of ether oxygens (including phenoxy) is 2. The number of methoxy groups -OCH3 is 2. The van der Waals surface area contributed by atoms with Crippen LogP contribution in [0.15, 0.2) is 34.8 Å². The molecule has 0 bridgehead atoms. The van der Waals surface area contributed by atoms with E-state index in [0.29, 0.717) is 12.2 Å². The van der Waals surface area contributed by atoms with Crippen molar-refractivity contribution in [1.29, 1.82) is 0 Å². The molecular formula is C17H20BrNO3. The molecule has 0 aliphatic carbocycles. The van der Waals surface area contributed by atoms with E-state index >= 15 is 0 Å². The zero-order valence-corrected chi connectivity index (χ0v) is 14.6. The summed E-state index contributed by atoms with van der Waals surface area (Å²) in [5, 5.41) is 0. The highest BCUT2D eigenvalue weighted by Crippen LogP contribution is 2.36. The monoisotopic (exact) mass is 365 g/mol. The summed E-state index contributed by atoms with van der Waals surface area (Å²) in [6.45, 7) is 3.40. The Balaban J connectivity index is 2.56. The van der Waals surface area contributed by atoms with Crippen LogP contribution in [0.25, 0.3) is 11.3 Å². The third-order valence-electron chi connectivity index (χ3n) is 3.63. The fraction of sp³-hybridized carbons (Fsp3) is 0.353. The zero-order chi connectivity index (χ0) is 16.1. The molecule has 2 rings (SSSR count). The lowest BCUT2D eigenvalue weighted by atomic mass is 10.1. The lowest BCUT2D eigenvalue weighted by Crippen LogP contribution is -2.07. The molecule has 1 heterocycles. The fourth-order valence-corrected chi connectivity index (χ4v) is 3.45. The van der Waals surface area contributed by atoms with Crippen LogP contribution in [-0.4, -0.2) is 31.4 Å². The Hall–Kier alpha value is -1.59. The Kier molecular flexibility index (Phi) is 5.80. The number of hydrogen-bond acceptors (Lipinski definition) is 3. The number of aromatic nitrogens is 1. The Labute approximate surface area is 139 Å². The van der Waals surface area contributed by atoms with Crippen molar-refractivity contribution in [3.05, 3.63) is 46.1 Å². The van der Waals surface area contributed by atoms with E-state index in [0.717, 1.165) is 34.4 Å². The van der Waals surface area contributed by atoms with E-state index in [9.17, 15) is 4.79 Å². The summed E-state index contributed by atoms with van der Waals surface area (Å²) < 4.78 is 13.0. The summed E-state index contributed by atoms with van der Waals surface area (Å²) in [6, 6.07) is 10.0. The largest absolute Gasteiger partial charge is 0.465 e. The molecule has 0 radical (unpaired) electrons. The second-order valence-electron chi connectivity index (χ2n) is 4.98. The van der Waals surface area contributed by atoms with E-state index in [1.54, 1.807) is 7.11 Å². The second kappa shape index (κ2) is 7.61. The maximum Gasteiger partial charge on any atom is 0.340 e. The van der Waals surface area contributed by atoms with E-state index < -0.39 is 0 Å². The number of hydrogen-bond donors (Lipinski definition) is 0. The highest BCUT2D eigenvalue weighted by Gasteiger charge is 2.24. The van der Waals surface area contributed by atoms with Gasteiger partial charge in [-0.05, 0) is 34.8 Å². The average Bonchev–Trinajstić information content (AvgIpc) is 2.78. The van der Waals surface area contributed by atoms with Gasteiger partial charge in [-0.25, -0.2) is 4.79 Å². The number of carbonyl (C=O) groups is 1. The number of esters is 1. The number of nitrogens with zero attached hydrogens (tertiary/aromatic N) is 1. The van der Waals surface area contributed by atoms with Gasteiger partial charge in [0.2, 0.25) is 0 Å². The SMILES string of the molecule is COCCCn1c(C)c(C(=O)OC)c(Br)c1-c1ccccc1. The molecule has 0 fully saturated rings. The lowest BCUT2D eigenvalue weighted by Gasteiger charge is -2.12. The topological polar surface area (TPSA) is 40.5 Å². The van der Waals surface area contributed by atoms with Gasteiger partial charge in [-0.3, -0.25) is 0 Å². The van der Waals surface area contributed by atoms with Gasteiger partial charge in [-0.1, -0.05) is 30.3 Å². The van der Waals surface area contributed by atoms with Gasteiger partial charge < -0.3 is 14.0 Å². The van der Waals surface area contributed by atoms with Gasteiger partial charge in [0.25, 0.3) is 0 Å². The zero-order valence-electron chi connectivity index (χ0n) is 13.1. The van der Waals surface area contributed by atoms with Crippen LogP contribution in [0.2, 0.25) is 0 Å². The van der Waals surface area contributed by atoms with Crippen LogP contribution in [0.1, 0.15) is 22.5 Å². The molecule has 4 nitrogen and oxygen atoms in total. The second-order valence-corrected chi connectivity index (χ2v) is 5.77. The Morgan fingerprint density at radius 1 is 1.23 bits per heavy atom. The third-order valence-corrected chi connectivity index (χ3v) is 4.40. The quantitative estimate of drug-likeness (QED) is 0.572. The molecule has 0 saturated heterocycles. The van der Waals surface area contributed by atoms with Crippen molar-refractivity contribution in [3.63, 3.8) is 0 Å². The van der Waals surface area contributed by atoms with Crippen LogP contribution in [0.5, 0.6) is 0 Å². The molecule has 1 aromatic heterocycles. The molecule has 0 aliphatic rings. The predicted molar refractivity (Wildman–Crippen MR) is 90.1 cm³/mol. The van der Waals surface area contributed by atoms with Crippen molar-refractivity contribution in [2.75, 3.05) is 20.8 Å². The van der Waals surface area contributed by atoms with Crippen molar-refractivity contribution in [3.8, 4) is 11.3 Å². The summed E-state index contributed by atoms with van der Waals surface area (Å²) in [7, 11) is 3.09.